The fourth-order valence-electron chi connectivity index (χ4n) is 0.871. The third-order valence-electron chi connectivity index (χ3n) is 1.31. The van der Waals surface area contributed by atoms with E-state index in [2.05, 4.69) is 6.92 Å². The molecule has 1 aliphatic rings. The first-order chi connectivity index (χ1) is 3.29. The summed E-state index contributed by atoms with van der Waals surface area (Å²) in [5, 5.41) is 8.82. The zero-order valence-corrected chi connectivity index (χ0v) is 4.52. The summed E-state index contributed by atoms with van der Waals surface area (Å²) >= 11 is 0. The SMILES string of the molecule is CC1=CC(O)CC1. The predicted molar refractivity (Wildman–Crippen MR) is 29.0 cm³/mol. The second-order valence-electron chi connectivity index (χ2n) is 2.12. The molecule has 0 bridgehead atoms. The van der Waals surface area contributed by atoms with Crippen LogP contribution in [0.15, 0.2) is 11.6 Å². The maximum Gasteiger partial charge on any atom is 0.0726 e. The number of hydrogen-bond acceptors (Lipinski definition) is 1. The number of hydrogen-bond donors (Lipinski definition) is 1. The van der Waals surface area contributed by atoms with Crippen molar-refractivity contribution in [1.82, 2.24) is 0 Å². The second kappa shape index (κ2) is 1.66. The minimum Gasteiger partial charge on any atom is -0.389 e. The molecule has 0 aromatic rings. The van der Waals surface area contributed by atoms with E-state index in [1.165, 1.54) is 5.57 Å². The fraction of sp³-hybridized carbons (Fsp3) is 0.667. The van der Waals surface area contributed by atoms with Crippen molar-refractivity contribution in [2.24, 2.45) is 0 Å². The monoisotopic (exact) mass is 98.1 g/mol. The largest absolute Gasteiger partial charge is 0.389 e. The third-order valence-corrected chi connectivity index (χ3v) is 1.31. The van der Waals surface area contributed by atoms with Crippen LogP contribution in [0.4, 0.5) is 0 Å². The number of allylic oxidation sites excluding steroid dienone is 1. The maximum absolute atomic E-state index is 8.82. The highest BCUT2D eigenvalue weighted by molar-refractivity contribution is 5.08. The molecular formula is C6H10O. The van der Waals surface area contributed by atoms with Gasteiger partial charge >= 0.3 is 0 Å². The number of aliphatic hydroxyl groups is 1. The molecule has 0 spiro atoms. The fourth-order valence-corrected chi connectivity index (χ4v) is 0.871. The number of aliphatic hydroxyl groups excluding tert-OH is 1. The molecule has 0 saturated carbocycles. The van der Waals surface area contributed by atoms with Crippen LogP contribution in [0.5, 0.6) is 0 Å². The van der Waals surface area contributed by atoms with E-state index in [0.29, 0.717) is 0 Å². The average Bonchev–Trinajstić information content (AvgIpc) is 1.87. The Morgan fingerprint density at radius 1 is 1.86 bits per heavy atom. The van der Waals surface area contributed by atoms with Gasteiger partial charge in [-0.25, -0.2) is 0 Å². The van der Waals surface area contributed by atoms with Crippen LogP contribution in [0.1, 0.15) is 19.8 Å². The van der Waals surface area contributed by atoms with Crippen LogP contribution in [-0.4, -0.2) is 11.2 Å². The van der Waals surface area contributed by atoms with Crippen LogP contribution in [0, 0.1) is 0 Å². The maximum atomic E-state index is 8.82. The topological polar surface area (TPSA) is 20.2 Å². The zero-order chi connectivity index (χ0) is 5.28. The average molecular weight is 98.1 g/mol. The lowest BCUT2D eigenvalue weighted by molar-refractivity contribution is 0.223. The Morgan fingerprint density at radius 2 is 2.57 bits per heavy atom. The Labute approximate surface area is 43.7 Å². The standard InChI is InChI=1S/C6H10O/c1-5-2-3-6(7)4-5/h4,6-7H,2-3H2,1H3. The minimum atomic E-state index is -0.139. The van der Waals surface area contributed by atoms with Crippen molar-refractivity contribution < 1.29 is 5.11 Å². The molecule has 0 radical (unpaired) electrons. The number of rotatable bonds is 0. The second-order valence-corrected chi connectivity index (χ2v) is 2.12. The minimum absolute atomic E-state index is 0.139. The molecule has 40 valence electrons. The van der Waals surface area contributed by atoms with Gasteiger partial charge in [-0.1, -0.05) is 11.6 Å². The lowest BCUT2D eigenvalue weighted by atomic mass is 10.3. The first-order valence-corrected chi connectivity index (χ1v) is 2.64. The summed E-state index contributed by atoms with van der Waals surface area (Å²) in [5.74, 6) is 0. The molecule has 0 fully saturated rings. The van der Waals surface area contributed by atoms with E-state index in [1.807, 2.05) is 6.08 Å². The molecule has 0 heterocycles. The van der Waals surface area contributed by atoms with Crippen molar-refractivity contribution in [3.8, 4) is 0 Å². The van der Waals surface area contributed by atoms with E-state index < -0.39 is 0 Å². The van der Waals surface area contributed by atoms with Gasteiger partial charge in [-0.05, 0) is 19.8 Å². The molecule has 1 N–H and O–H groups in total. The van der Waals surface area contributed by atoms with Gasteiger partial charge in [0.05, 0.1) is 6.10 Å². The Bertz CT molecular complexity index is 94.4. The highest BCUT2D eigenvalue weighted by Crippen LogP contribution is 2.16. The van der Waals surface area contributed by atoms with Crippen molar-refractivity contribution in [3.05, 3.63) is 11.6 Å². The van der Waals surface area contributed by atoms with Gasteiger partial charge in [-0.15, -0.1) is 0 Å². The molecule has 0 aliphatic heterocycles. The Morgan fingerprint density at radius 3 is 2.71 bits per heavy atom. The van der Waals surface area contributed by atoms with E-state index in [1.54, 1.807) is 0 Å². The summed E-state index contributed by atoms with van der Waals surface area (Å²) in [7, 11) is 0. The van der Waals surface area contributed by atoms with Crippen molar-refractivity contribution in [2.45, 2.75) is 25.9 Å². The summed E-state index contributed by atoms with van der Waals surface area (Å²) in [6.07, 6.45) is 3.80. The Kier molecular flexibility index (Phi) is 1.15. The summed E-state index contributed by atoms with van der Waals surface area (Å²) in [6, 6.07) is 0. The molecule has 7 heavy (non-hydrogen) atoms. The molecular weight excluding hydrogens is 88.1 g/mol. The summed E-state index contributed by atoms with van der Waals surface area (Å²) in [5.41, 5.74) is 1.33. The predicted octanol–water partition coefficient (Wildman–Crippen LogP) is 1.09. The molecule has 1 aliphatic carbocycles. The summed E-state index contributed by atoms with van der Waals surface area (Å²) in [6.45, 7) is 2.05. The lowest BCUT2D eigenvalue weighted by Crippen LogP contribution is -1.93. The van der Waals surface area contributed by atoms with Crippen LogP contribution in [0.2, 0.25) is 0 Å². The van der Waals surface area contributed by atoms with Crippen LogP contribution < -0.4 is 0 Å². The van der Waals surface area contributed by atoms with E-state index in [-0.39, 0.29) is 6.10 Å². The van der Waals surface area contributed by atoms with Gasteiger partial charge < -0.3 is 5.11 Å². The van der Waals surface area contributed by atoms with Crippen LogP contribution in [0.3, 0.4) is 0 Å². The van der Waals surface area contributed by atoms with Gasteiger partial charge in [0, 0.05) is 0 Å². The van der Waals surface area contributed by atoms with Gasteiger partial charge in [-0.2, -0.15) is 0 Å². The highest BCUT2D eigenvalue weighted by Gasteiger charge is 2.07. The first kappa shape index (κ1) is 4.85. The first-order valence-electron chi connectivity index (χ1n) is 2.64. The van der Waals surface area contributed by atoms with E-state index in [9.17, 15) is 0 Å². The van der Waals surface area contributed by atoms with Gasteiger partial charge in [-0.3, -0.25) is 0 Å². The van der Waals surface area contributed by atoms with E-state index in [4.69, 9.17) is 5.11 Å². The summed E-state index contributed by atoms with van der Waals surface area (Å²) < 4.78 is 0. The molecule has 0 amide bonds. The van der Waals surface area contributed by atoms with Gasteiger partial charge in [0.15, 0.2) is 0 Å². The normalized spacial score (nSPS) is 30.6. The van der Waals surface area contributed by atoms with Crippen LogP contribution >= 0.6 is 0 Å². The molecule has 0 aromatic heterocycles. The third kappa shape index (κ3) is 1.03. The molecule has 1 rings (SSSR count). The molecule has 0 saturated heterocycles. The van der Waals surface area contributed by atoms with Crippen molar-refractivity contribution in [2.75, 3.05) is 0 Å². The van der Waals surface area contributed by atoms with E-state index >= 15 is 0 Å². The van der Waals surface area contributed by atoms with Crippen molar-refractivity contribution in [1.29, 1.82) is 0 Å². The lowest BCUT2D eigenvalue weighted by Gasteiger charge is -1.89. The molecule has 1 atom stereocenters. The Balaban J connectivity index is 2.50. The summed E-state index contributed by atoms with van der Waals surface area (Å²) in [4.78, 5) is 0. The molecule has 0 aromatic carbocycles. The van der Waals surface area contributed by atoms with Crippen molar-refractivity contribution in [3.63, 3.8) is 0 Å². The van der Waals surface area contributed by atoms with Gasteiger partial charge in [0.2, 0.25) is 0 Å². The van der Waals surface area contributed by atoms with Crippen LogP contribution in [-0.2, 0) is 0 Å². The van der Waals surface area contributed by atoms with Crippen LogP contribution in [0.25, 0.3) is 0 Å². The molecule has 1 unspecified atom stereocenters. The van der Waals surface area contributed by atoms with Crippen molar-refractivity contribution >= 4 is 0 Å². The zero-order valence-electron chi connectivity index (χ0n) is 4.52. The van der Waals surface area contributed by atoms with E-state index in [0.717, 1.165) is 12.8 Å². The Hall–Kier alpha value is -0.300. The van der Waals surface area contributed by atoms with Gasteiger partial charge in [0.1, 0.15) is 0 Å². The highest BCUT2D eigenvalue weighted by atomic mass is 16.3. The van der Waals surface area contributed by atoms with Gasteiger partial charge in [0.25, 0.3) is 0 Å². The quantitative estimate of drug-likeness (QED) is 0.449. The molecule has 1 heteroatoms. The smallest absolute Gasteiger partial charge is 0.0726 e. The molecule has 1 nitrogen and oxygen atoms in total.